The van der Waals surface area contributed by atoms with Crippen LogP contribution in [0.15, 0.2) is 0 Å². The zero-order chi connectivity index (χ0) is 9.90. The van der Waals surface area contributed by atoms with Gasteiger partial charge in [0.15, 0.2) is 4.31 Å². The highest BCUT2D eigenvalue weighted by atomic mass is 31.2. The molecule has 7 nitrogen and oxygen atoms in total. The van der Waals surface area contributed by atoms with Crippen LogP contribution < -0.4 is 5.73 Å². The summed E-state index contributed by atoms with van der Waals surface area (Å²) in [5.74, 6) is -2.10. The molecule has 0 bridgehead atoms. The lowest BCUT2D eigenvalue weighted by Crippen LogP contribution is -2.33. The zero-order valence-corrected chi connectivity index (χ0v) is 8.37. The van der Waals surface area contributed by atoms with E-state index >= 15 is 0 Å². The van der Waals surface area contributed by atoms with Crippen LogP contribution in [0.2, 0.25) is 0 Å². The minimum atomic E-state index is -2.58. The van der Waals surface area contributed by atoms with E-state index in [1.807, 2.05) is 0 Å². The Morgan fingerprint density at radius 2 is 1.85 bits per heavy atom. The van der Waals surface area contributed by atoms with Crippen molar-refractivity contribution in [2.75, 3.05) is 6.54 Å². The molecule has 0 aliphatic carbocycles. The first kappa shape index (κ1) is 11.1. The van der Waals surface area contributed by atoms with Crippen LogP contribution in [0.25, 0.3) is 0 Å². The molecule has 0 aromatic rings. The Hall–Kier alpha value is -0.0000000000000000486. The van der Waals surface area contributed by atoms with Crippen LogP contribution >= 0.6 is 16.5 Å². The molecule has 0 aromatic carbocycles. The molecule has 74 valence electrons. The van der Waals surface area contributed by atoms with E-state index in [2.05, 4.69) is 13.4 Å². The quantitative estimate of drug-likeness (QED) is 0.687. The van der Waals surface area contributed by atoms with Gasteiger partial charge >= 0.3 is 22.5 Å². The maximum atomic E-state index is 10.7. The number of nitrogens with two attached hydrogens (primary N) is 1. The molecule has 1 fully saturated rings. The lowest BCUT2D eigenvalue weighted by atomic mass is 10.3. The van der Waals surface area contributed by atoms with Crippen LogP contribution in [0.5, 0.6) is 0 Å². The van der Waals surface area contributed by atoms with Crippen molar-refractivity contribution in [3.05, 3.63) is 0 Å². The molecule has 0 aromatic heterocycles. The van der Waals surface area contributed by atoms with Crippen LogP contribution in [0.4, 0.5) is 0 Å². The van der Waals surface area contributed by atoms with Gasteiger partial charge in [-0.1, -0.05) is 0 Å². The first-order valence-corrected chi connectivity index (χ1v) is 5.68. The van der Waals surface area contributed by atoms with E-state index < -0.39 is 22.5 Å². The fourth-order valence-electron chi connectivity index (χ4n) is 0.754. The molecule has 0 spiro atoms. The molecule has 13 heavy (non-hydrogen) atoms. The van der Waals surface area contributed by atoms with E-state index in [0.29, 0.717) is 13.0 Å². The standard InChI is InChI=1S/C4H9NO6P2/c5-3-1-2-4(6)9-12(7)11-13(8)10-4/h6H,1-3,5H2/q+2. The zero-order valence-electron chi connectivity index (χ0n) is 6.58. The molecular formula is C4H9NO6P2+2. The molecular weight excluding hydrogens is 220 g/mol. The second-order valence-corrected chi connectivity index (χ2v) is 4.23. The third-order valence-electron chi connectivity index (χ3n) is 1.26. The summed E-state index contributed by atoms with van der Waals surface area (Å²) in [7, 11) is -5.17. The number of aliphatic hydroxyl groups is 1. The van der Waals surface area contributed by atoms with Crippen molar-refractivity contribution in [3.8, 4) is 0 Å². The van der Waals surface area contributed by atoms with Gasteiger partial charge in [-0.25, -0.2) is 0 Å². The highest BCUT2D eigenvalue weighted by Crippen LogP contribution is 2.51. The Kier molecular flexibility index (Phi) is 3.82. The summed E-state index contributed by atoms with van der Waals surface area (Å²) in [6.45, 7) is 0.309. The summed E-state index contributed by atoms with van der Waals surface area (Å²) in [6.07, 6.45) is 0.387. The first-order chi connectivity index (χ1) is 6.06. The molecule has 1 saturated heterocycles. The van der Waals surface area contributed by atoms with E-state index in [1.165, 1.54) is 0 Å². The Bertz CT molecular complexity index is 217. The molecule has 1 aliphatic heterocycles. The predicted molar refractivity (Wildman–Crippen MR) is 41.7 cm³/mol. The molecule has 9 heteroatoms. The van der Waals surface area contributed by atoms with E-state index in [0.717, 1.165) is 0 Å². The highest BCUT2D eigenvalue weighted by Gasteiger charge is 2.60. The summed E-state index contributed by atoms with van der Waals surface area (Å²) < 4.78 is 34.4. The van der Waals surface area contributed by atoms with Gasteiger partial charge in [0.2, 0.25) is 0 Å². The smallest absolute Gasteiger partial charge is 0.337 e. The van der Waals surface area contributed by atoms with Gasteiger partial charge in [-0.2, -0.15) is 0 Å². The maximum Gasteiger partial charge on any atom is 0.753 e. The van der Waals surface area contributed by atoms with Crippen molar-refractivity contribution < 1.29 is 27.6 Å². The van der Waals surface area contributed by atoms with Crippen LogP contribution in [0.3, 0.4) is 0 Å². The van der Waals surface area contributed by atoms with Gasteiger partial charge in [-0.15, -0.1) is 0 Å². The molecule has 1 heterocycles. The lowest BCUT2D eigenvalue weighted by Gasteiger charge is -2.14. The van der Waals surface area contributed by atoms with Gasteiger partial charge in [0.25, 0.3) is 0 Å². The topological polar surface area (TPSA) is 108 Å². The Balaban J connectivity index is 2.55. The van der Waals surface area contributed by atoms with Crippen molar-refractivity contribution >= 4 is 16.5 Å². The monoisotopic (exact) mass is 229 g/mol. The summed E-state index contributed by atoms with van der Waals surface area (Å²) in [5, 5.41) is 9.40. The van der Waals surface area contributed by atoms with Crippen LogP contribution in [0.1, 0.15) is 12.8 Å². The normalized spacial score (nSPS) is 34.9. The molecule has 2 atom stereocenters. The Labute approximate surface area is 76.1 Å². The molecule has 0 amide bonds. The Morgan fingerprint density at radius 3 is 2.31 bits per heavy atom. The van der Waals surface area contributed by atoms with Crippen LogP contribution in [0, 0.1) is 0 Å². The van der Waals surface area contributed by atoms with Crippen molar-refractivity contribution in [2.24, 2.45) is 5.73 Å². The first-order valence-electron chi connectivity index (χ1n) is 3.49. The van der Waals surface area contributed by atoms with Crippen LogP contribution in [-0.2, 0) is 22.5 Å². The Morgan fingerprint density at radius 1 is 1.31 bits per heavy atom. The minimum absolute atomic E-state index is 0.00495. The third kappa shape index (κ3) is 3.32. The van der Waals surface area contributed by atoms with Crippen molar-refractivity contribution in [3.63, 3.8) is 0 Å². The summed E-state index contributed by atoms with van der Waals surface area (Å²) >= 11 is 0. The van der Waals surface area contributed by atoms with E-state index in [9.17, 15) is 14.2 Å². The molecule has 2 unspecified atom stereocenters. The number of hydrogen-bond acceptors (Lipinski definition) is 7. The summed E-state index contributed by atoms with van der Waals surface area (Å²) in [5.41, 5.74) is 5.17. The largest absolute Gasteiger partial charge is 0.753 e. The van der Waals surface area contributed by atoms with Crippen molar-refractivity contribution in [1.29, 1.82) is 0 Å². The predicted octanol–water partition coefficient (Wildman–Crippen LogP) is 0.750. The van der Waals surface area contributed by atoms with Gasteiger partial charge in [0.1, 0.15) is 0 Å². The second kappa shape index (κ2) is 4.48. The summed E-state index contributed by atoms with van der Waals surface area (Å²) in [4.78, 5) is 0. The van der Waals surface area contributed by atoms with Crippen molar-refractivity contribution in [1.82, 2.24) is 0 Å². The van der Waals surface area contributed by atoms with E-state index in [-0.39, 0.29) is 6.42 Å². The van der Waals surface area contributed by atoms with E-state index in [1.54, 1.807) is 0 Å². The van der Waals surface area contributed by atoms with Gasteiger partial charge in [0, 0.05) is 15.6 Å². The fourth-order valence-corrected chi connectivity index (χ4v) is 2.24. The molecule has 1 aliphatic rings. The van der Waals surface area contributed by atoms with Gasteiger partial charge in [-0.05, 0) is 22.0 Å². The average Bonchev–Trinajstić information content (AvgIpc) is 1.98. The van der Waals surface area contributed by atoms with Crippen LogP contribution in [-0.4, -0.2) is 17.6 Å². The highest BCUT2D eigenvalue weighted by molar-refractivity contribution is 7.48. The molecule has 3 N–H and O–H groups in total. The molecule has 0 saturated carbocycles. The number of rotatable bonds is 3. The van der Waals surface area contributed by atoms with Gasteiger partial charge in [-0.3, -0.25) is 0 Å². The fraction of sp³-hybridized carbons (Fsp3) is 1.00. The van der Waals surface area contributed by atoms with Crippen molar-refractivity contribution in [2.45, 2.75) is 18.8 Å². The minimum Gasteiger partial charge on any atom is -0.337 e. The van der Waals surface area contributed by atoms with Gasteiger partial charge < -0.3 is 10.8 Å². The number of hydrogen-bond donors (Lipinski definition) is 2. The SMILES string of the molecule is NCCCC1(O)O[P+](=O)O[P+](=O)O1. The summed E-state index contributed by atoms with van der Waals surface area (Å²) in [6, 6.07) is 0. The second-order valence-electron chi connectivity index (χ2n) is 2.32. The molecule has 1 rings (SSSR count). The lowest BCUT2D eigenvalue weighted by molar-refractivity contribution is -0.284. The third-order valence-corrected chi connectivity index (χ3v) is 3.20. The maximum absolute atomic E-state index is 10.7. The molecule has 0 radical (unpaired) electrons. The average molecular weight is 229 g/mol. The van der Waals surface area contributed by atoms with Gasteiger partial charge in [0.05, 0.1) is 0 Å². The van der Waals surface area contributed by atoms with E-state index in [4.69, 9.17) is 5.73 Å².